The highest BCUT2D eigenvalue weighted by molar-refractivity contribution is 7.80. The Balaban J connectivity index is 4.69. The van der Waals surface area contributed by atoms with Crippen LogP contribution in [-0.4, -0.2) is 82.1 Å². The van der Waals surface area contributed by atoms with E-state index in [0.29, 0.717) is 0 Å². The molecule has 0 fully saturated rings. The summed E-state index contributed by atoms with van der Waals surface area (Å²) in [4.78, 5) is 46.0. The number of nitrogens with one attached hydrogen (secondary N) is 3. The number of carboxylic acids is 1. The van der Waals surface area contributed by atoms with Gasteiger partial charge in [-0.15, -0.1) is 0 Å². The lowest BCUT2D eigenvalue weighted by molar-refractivity contribution is -0.143. The molecule has 0 bridgehead atoms. The van der Waals surface area contributed by atoms with Crippen molar-refractivity contribution in [3.63, 3.8) is 0 Å². The average Bonchev–Trinajstić information content (AvgIpc) is 2.55. The van der Waals surface area contributed by atoms with E-state index in [-0.39, 0.29) is 5.75 Å². The number of carbonyl (C=O) groups is 4. The number of aliphatic hydroxyl groups is 2. The summed E-state index contributed by atoms with van der Waals surface area (Å²) in [5.41, 5.74) is 5.44. The first kappa shape index (κ1) is 22.1. The van der Waals surface area contributed by atoms with Crippen LogP contribution in [0.25, 0.3) is 0 Å². The Morgan fingerprint density at radius 3 is 1.88 bits per heavy atom. The molecule has 12 heteroatoms. The molecule has 0 radical (unpaired) electrons. The first-order valence-corrected chi connectivity index (χ1v) is 7.53. The van der Waals surface area contributed by atoms with Gasteiger partial charge in [-0.1, -0.05) is 0 Å². The number of thiol groups is 1. The number of nitrogens with two attached hydrogens (primary N) is 1. The fourth-order valence-corrected chi connectivity index (χ4v) is 1.58. The molecule has 0 aromatic heterocycles. The van der Waals surface area contributed by atoms with Gasteiger partial charge in [0.15, 0.2) is 0 Å². The molecule has 4 unspecified atom stereocenters. The minimum absolute atomic E-state index is 0.0690. The zero-order valence-electron chi connectivity index (χ0n) is 12.9. The molecule has 11 nitrogen and oxygen atoms in total. The summed E-state index contributed by atoms with van der Waals surface area (Å²) in [6.45, 7) is -0.341. The maximum Gasteiger partial charge on any atom is 0.328 e. The van der Waals surface area contributed by atoms with E-state index >= 15 is 0 Å². The number of aliphatic hydroxyl groups excluding tert-OH is 2. The molecule has 0 aliphatic rings. The molecule has 0 aliphatic carbocycles. The van der Waals surface area contributed by atoms with Crippen molar-refractivity contribution in [1.82, 2.24) is 16.0 Å². The van der Waals surface area contributed by atoms with Crippen molar-refractivity contribution in [2.24, 2.45) is 5.73 Å². The van der Waals surface area contributed by atoms with Crippen LogP contribution in [0.5, 0.6) is 0 Å². The lowest BCUT2D eigenvalue weighted by Crippen LogP contribution is -2.57. The third kappa shape index (κ3) is 7.12. The minimum Gasteiger partial charge on any atom is -0.480 e. The molecule has 24 heavy (non-hydrogen) atoms. The summed E-state index contributed by atoms with van der Waals surface area (Å²) >= 11 is 3.84. The van der Waals surface area contributed by atoms with Crippen molar-refractivity contribution in [2.45, 2.75) is 31.1 Å². The first-order chi connectivity index (χ1) is 11.2. The predicted molar refractivity (Wildman–Crippen MR) is 85.1 cm³/mol. The predicted octanol–water partition coefficient (Wildman–Crippen LogP) is -4.21. The van der Waals surface area contributed by atoms with E-state index in [2.05, 4.69) is 23.3 Å². The Labute approximate surface area is 143 Å². The lowest BCUT2D eigenvalue weighted by Gasteiger charge is -2.21. The van der Waals surface area contributed by atoms with E-state index in [4.69, 9.17) is 21.1 Å². The Hall–Kier alpha value is -1.89. The van der Waals surface area contributed by atoms with Crippen molar-refractivity contribution in [3.8, 4) is 0 Å². The van der Waals surface area contributed by atoms with Crippen LogP contribution in [-0.2, 0) is 19.2 Å². The second kappa shape index (κ2) is 10.8. The average molecular weight is 366 g/mol. The fraction of sp³-hybridized carbons (Fsp3) is 0.667. The Kier molecular flexibility index (Phi) is 9.95. The first-order valence-electron chi connectivity index (χ1n) is 6.89. The number of carboxylic acid groups (broad SMARTS) is 1. The molecule has 0 saturated carbocycles. The quantitative estimate of drug-likeness (QED) is 0.178. The van der Waals surface area contributed by atoms with Crippen molar-refractivity contribution >= 4 is 36.3 Å². The zero-order valence-corrected chi connectivity index (χ0v) is 13.8. The second-order valence-electron chi connectivity index (χ2n) is 4.85. The largest absolute Gasteiger partial charge is 0.480 e. The van der Waals surface area contributed by atoms with Crippen LogP contribution in [0.1, 0.15) is 6.92 Å². The van der Waals surface area contributed by atoms with Gasteiger partial charge in [0.2, 0.25) is 17.7 Å². The number of rotatable bonds is 10. The van der Waals surface area contributed by atoms with E-state index in [1.165, 1.54) is 6.92 Å². The number of carbonyl (C=O) groups excluding carboxylic acids is 3. The highest BCUT2D eigenvalue weighted by Crippen LogP contribution is 1.92. The number of hydrogen-bond donors (Lipinski definition) is 8. The van der Waals surface area contributed by atoms with E-state index < -0.39 is 61.1 Å². The Bertz CT molecular complexity index is 476. The molecular formula is C12H22N4O7S. The summed E-state index contributed by atoms with van der Waals surface area (Å²) in [6.07, 6.45) is 0. The molecule has 3 amide bonds. The van der Waals surface area contributed by atoms with Crippen molar-refractivity contribution in [2.75, 3.05) is 19.0 Å². The van der Waals surface area contributed by atoms with Gasteiger partial charge in [0.1, 0.15) is 18.1 Å². The lowest BCUT2D eigenvalue weighted by atomic mass is 10.2. The standard InChI is InChI=1S/C12H22N4O7S/c1-5(14-10(20)6(13)4-24)9(19)15-7(2-17)11(21)16-8(3-18)12(22)23/h5-8,17-18,24H,2-4,13H2,1H3,(H,14,20)(H,15,19)(H,16,21)(H,22,23). The van der Waals surface area contributed by atoms with Crippen LogP contribution in [0.4, 0.5) is 0 Å². The summed E-state index contributed by atoms with van der Waals surface area (Å²) in [5, 5.41) is 33.1. The molecule has 138 valence electrons. The van der Waals surface area contributed by atoms with Crippen LogP contribution in [0.2, 0.25) is 0 Å². The van der Waals surface area contributed by atoms with Gasteiger partial charge in [-0.25, -0.2) is 4.79 Å². The maximum absolute atomic E-state index is 11.9. The zero-order chi connectivity index (χ0) is 18.9. The SMILES string of the molecule is CC(NC(=O)C(N)CS)C(=O)NC(CO)C(=O)NC(CO)C(=O)O. The highest BCUT2D eigenvalue weighted by Gasteiger charge is 2.27. The minimum atomic E-state index is -1.58. The van der Waals surface area contributed by atoms with Gasteiger partial charge in [0, 0.05) is 5.75 Å². The molecule has 4 atom stereocenters. The monoisotopic (exact) mass is 366 g/mol. The number of aliphatic carboxylic acids is 1. The van der Waals surface area contributed by atoms with Crippen LogP contribution in [0.3, 0.4) is 0 Å². The molecule has 8 N–H and O–H groups in total. The third-order valence-electron chi connectivity index (χ3n) is 2.90. The van der Waals surface area contributed by atoms with Gasteiger partial charge >= 0.3 is 5.97 Å². The highest BCUT2D eigenvalue weighted by atomic mass is 32.1. The molecule has 0 heterocycles. The van der Waals surface area contributed by atoms with E-state index in [1.807, 2.05) is 5.32 Å². The van der Waals surface area contributed by atoms with Crippen LogP contribution in [0, 0.1) is 0 Å². The van der Waals surface area contributed by atoms with Gasteiger partial charge in [0.25, 0.3) is 0 Å². The number of hydrogen-bond acceptors (Lipinski definition) is 8. The smallest absolute Gasteiger partial charge is 0.328 e. The Morgan fingerprint density at radius 2 is 1.46 bits per heavy atom. The van der Waals surface area contributed by atoms with E-state index in [9.17, 15) is 19.2 Å². The Morgan fingerprint density at radius 1 is 0.958 bits per heavy atom. The molecule has 0 spiro atoms. The van der Waals surface area contributed by atoms with Crippen molar-refractivity contribution in [3.05, 3.63) is 0 Å². The molecule has 0 aromatic carbocycles. The van der Waals surface area contributed by atoms with Crippen LogP contribution in [0.15, 0.2) is 0 Å². The summed E-state index contributed by atoms with van der Waals surface area (Å²) in [6, 6.07) is -5.00. The van der Waals surface area contributed by atoms with Gasteiger partial charge in [-0.2, -0.15) is 12.6 Å². The fourth-order valence-electron chi connectivity index (χ4n) is 1.42. The van der Waals surface area contributed by atoms with E-state index in [1.54, 1.807) is 0 Å². The van der Waals surface area contributed by atoms with Crippen LogP contribution < -0.4 is 21.7 Å². The van der Waals surface area contributed by atoms with E-state index in [0.717, 1.165) is 0 Å². The van der Waals surface area contributed by atoms with Gasteiger partial charge in [-0.3, -0.25) is 14.4 Å². The number of amides is 3. The molecule has 0 rings (SSSR count). The maximum atomic E-state index is 11.9. The topological polar surface area (TPSA) is 191 Å². The summed E-state index contributed by atoms with van der Waals surface area (Å²) in [5.74, 6) is -3.82. The van der Waals surface area contributed by atoms with Crippen molar-refractivity contribution in [1.29, 1.82) is 0 Å². The van der Waals surface area contributed by atoms with Crippen molar-refractivity contribution < 1.29 is 34.5 Å². The molecule has 0 saturated heterocycles. The molecule has 0 aromatic rings. The van der Waals surface area contributed by atoms with Crippen LogP contribution >= 0.6 is 12.6 Å². The normalized spacial score (nSPS) is 15.5. The summed E-state index contributed by atoms with van der Waals surface area (Å²) < 4.78 is 0. The molecule has 0 aliphatic heterocycles. The summed E-state index contributed by atoms with van der Waals surface area (Å²) in [7, 11) is 0. The van der Waals surface area contributed by atoms with Gasteiger partial charge in [-0.05, 0) is 6.92 Å². The third-order valence-corrected chi connectivity index (χ3v) is 3.29. The second-order valence-corrected chi connectivity index (χ2v) is 5.21. The molecular weight excluding hydrogens is 344 g/mol. The van der Waals surface area contributed by atoms with Gasteiger partial charge in [0.05, 0.1) is 19.3 Å². The van der Waals surface area contributed by atoms with Gasteiger partial charge < -0.3 is 37.0 Å².